The number of benzene rings is 1. The van der Waals surface area contributed by atoms with Gasteiger partial charge in [0, 0.05) is 12.0 Å². The van der Waals surface area contributed by atoms with E-state index >= 15 is 0 Å². The molecular formula is C16H24N2O. The molecular weight excluding hydrogens is 236 g/mol. The van der Waals surface area contributed by atoms with Gasteiger partial charge in [-0.2, -0.15) is 0 Å². The standard InChI is InChI=1S/C16H24N2O/c1-11-5-7-12(8-6-11)15(18-17)14-4-2-3-13-9-10-19-16(13)14/h2-4,11-12,15,18H,5-10,17H2,1H3. The van der Waals surface area contributed by atoms with Gasteiger partial charge in [0.15, 0.2) is 0 Å². The lowest BCUT2D eigenvalue weighted by molar-refractivity contribution is 0.228. The second-order valence-corrected chi connectivity index (χ2v) is 6.10. The number of para-hydroxylation sites is 1. The molecule has 1 aliphatic carbocycles. The highest BCUT2D eigenvalue weighted by molar-refractivity contribution is 5.45. The number of hydrogen-bond acceptors (Lipinski definition) is 3. The molecule has 1 aromatic carbocycles. The highest BCUT2D eigenvalue weighted by atomic mass is 16.5. The molecule has 0 radical (unpaired) electrons. The largest absolute Gasteiger partial charge is 0.493 e. The molecule has 3 heteroatoms. The number of rotatable bonds is 3. The normalized spacial score (nSPS) is 27.7. The summed E-state index contributed by atoms with van der Waals surface area (Å²) in [6.07, 6.45) is 6.19. The van der Waals surface area contributed by atoms with E-state index in [2.05, 4.69) is 30.5 Å². The molecule has 19 heavy (non-hydrogen) atoms. The predicted molar refractivity (Wildman–Crippen MR) is 76.8 cm³/mol. The molecule has 0 spiro atoms. The monoisotopic (exact) mass is 260 g/mol. The summed E-state index contributed by atoms with van der Waals surface area (Å²) < 4.78 is 5.83. The van der Waals surface area contributed by atoms with Gasteiger partial charge in [0.25, 0.3) is 0 Å². The number of hydrogen-bond donors (Lipinski definition) is 2. The Bertz CT molecular complexity index is 438. The van der Waals surface area contributed by atoms with Crippen LogP contribution in [0.1, 0.15) is 49.8 Å². The highest BCUT2D eigenvalue weighted by Crippen LogP contribution is 2.41. The zero-order chi connectivity index (χ0) is 13.2. The molecule has 104 valence electrons. The number of fused-ring (bicyclic) bond motifs is 1. The Morgan fingerprint density at radius 2 is 2.05 bits per heavy atom. The summed E-state index contributed by atoms with van der Waals surface area (Å²) in [4.78, 5) is 0. The molecule has 3 N–H and O–H groups in total. The van der Waals surface area contributed by atoms with E-state index in [1.807, 2.05) is 0 Å². The van der Waals surface area contributed by atoms with Crippen LogP contribution in [0.25, 0.3) is 0 Å². The van der Waals surface area contributed by atoms with E-state index < -0.39 is 0 Å². The molecule has 3 nitrogen and oxygen atoms in total. The smallest absolute Gasteiger partial charge is 0.127 e. The first kappa shape index (κ1) is 12.9. The summed E-state index contributed by atoms with van der Waals surface area (Å²) in [5.74, 6) is 8.45. The first-order chi connectivity index (χ1) is 9.29. The lowest BCUT2D eigenvalue weighted by Crippen LogP contribution is -2.35. The SMILES string of the molecule is CC1CCC(C(NN)c2cccc3c2OCC3)CC1. The molecule has 2 aliphatic rings. The van der Waals surface area contributed by atoms with Crippen LogP contribution in [-0.4, -0.2) is 6.61 Å². The molecule has 1 aliphatic heterocycles. The summed E-state index contributed by atoms with van der Waals surface area (Å²) in [6, 6.07) is 6.72. The van der Waals surface area contributed by atoms with Crippen LogP contribution < -0.4 is 16.0 Å². The molecule has 1 aromatic rings. The number of ether oxygens (including phenoxy) is 1. The topological polar surface area (TPSA) is 47.3 Å². The van der Waals surface area contributed by atoms with Crippen LogP contribution in [0.2, 0.25) is 0 Å². The average molecular weight is 260 g/mol. The minimum atomic E-state index is 0.237. The van der Waals surface area contributed by atoms with E-state index in [1.54, 1.807) is 0 Å². The van der Waals surface area contributed by atoms with Gasteiger partial charge in [-0.1, -0.05) is 38.0 Å². The third kappa shape index (κ3) is 2.49. The van der Waals surface area contributed by atoms with Crippen molar-refractivity contribution in [2.75, 3.05) is 6.61 Å². The van der Waals surface area contributed by atoms with Crippen molar-refractivity contribution >= 4 is 0 Å². The minimum absolute atomic E-state index is 0.237. The molecule has 1 fully saturated rings. The van der Waals surface area contributed by atoms with Crippen molar-refractivity contribution in [3.05, 3.63) is 29.3 Å². The maximum absolute atomic E-state index is 5.86. The Balaban J connectivity index is 1.84. The van der Waals surface area contributed by atoms with Gasteiger partial charge in [0.1, 0.15) is 5.75 Å². The molecule has 0 saturated heterocycles. The van der Waals surface area contributed by atoms with Crippen LogP contribution >= 0.6 is 0 Å². The predicted octanol–water partition coefficient (Wildman–Crippen LogP) is 2.95. The zero-order valence-corrected chi connectivity index (χ0v) is 11.7. The van der Waals surface area contributed by atoms with Gasteiger partial charge < -0.3 is 4.74 Å². The minimum Gasteiger partial charge on any atom is -0.493 e. The number of nitrogens with one attached hydrogen (secondary N) is 1. The zero-order valence-electron chi connectivity index (χ0n) is 11.7. The van der Waals surface area contributed by atoms with Crippen molar-refractivity contribution in [1.82, 2.24) is 5.43 Å². The van der Waals surface area contributed by atoms with Gasteiger partial charge in [-0.25, -0.2) is 0 Å². The van der Waals surface area contributed by atoms with E-state index in [1.165, 1.54) is 36.8 Å². The first-order valence-electron chi connectivity index (χ1n) is 7.50. The lowest BCUT2D eigenvalue weighted by Gasteiger charge is -2.33. The van der Waals surface area contributed by atoms with E-state index in [4.69, 9.17) is 10.6 Å². The molecule has 0 amide bonds. The summed E-state index contributed by atoms with van der Waals surface area (Å²) >= 11 is 0. The van der Waals surface area contributed by atoms with Crippen LogP contribution in [0.15, 0.2) is 18.2 Å². The van der Waals surface area contributed by atoms with Crippen LogP contribution in [0.4, 0.5) is 0 Å². The quantitative estimate of drug-likeness (QED) is 0.649. The summed E-state index contributed by atoms with van der Waals surface area (Å²) in [5.41, 5.74) is 5.65. The van der Waals surface area contributed by atoms with E-state index in [0.29, 0.717) is 5.92 Å². The Labute approximate surface area is 115 Å². The summed E-state index contributed by atoms with van der Waals surface area (Å²) in [7, 11) is 0. The molecule has 3 rings (SSSR count). The van der Waals surface area contributed by atoms with Crippen LogP contribution in [0, 0.1) is 11.8 Å². The molecule has 1 heterocycles. The van der Waals surface area contributed by atoms with Crippen molar-refractivity contribution in [1.29, 1.82) is 0 Å². The first-order valence-corrected chi connectivity index (χ1v) is 7.50. The fraction of sp³-hybridized carbons (Fsp3) is 0.625. The van der Waals surface area contributed by atoms with Gasteiger partial charge >= 0.3 is 0 Å². The average Bonchev–Trinajstić information content (AvgIpc) is 2.91. The van der Waals surface area contributed by atoms with Gasteiger partial charge in [0.05, 0.1) is 12.6 Å². The second kappa shape index (κ2) is 5.51. The van der Waals surface area contributed by atoms with E-state index in [0.717, 1.165) is 24.7 Å². The molecule has 1 saturated carbocycles. The van der Waals surface area contributed by atoms with Crippen molar-refractivity contribution < 1.29 is 4.74 Å². The maximum Gasteiger partial charge on any atom is 0.127 e. The Kier molecular flexibility index (Phi) is 3.76. The van der Waals surface area contributed by atoms with Crippen molar-refractivity contribution in [3.8, 4) is 5.75 Å². The maximum atomic E-state index is 5.86. The Morgan fingerprint density at radius 1 is 1.26 bits per heavy atom. The van der Waals surface area contributed by atoms with Gasteiger partial charge in [-0.05, 0) is 30.2 Å². The lowest BCUT2D eigenvalue weighted by atomic mass is 9.77. The molecule has 0 bridgehead atoms. The van der Waals surface area contributed by atoms with Crippen LogP contribution in [0.3, 0.4) is 0 Å². The van der Waals surface area contributed by atoms with Gasteiger partial charge in [0.2, 0.25) is 0 Å². The van der Waals surface area contributed by atoms with Crippen LogP contribution in [-0.2, 0) is 6.42 Å². The van der Waals surface area contributed by atoms with Gasteiger partial charge in [-0.3, -0.25) is 11.3 Å². The summed E-state index contributed by atoms with van der Waals surface area (Å²) in [5, 5.41) is 0. The van der Waals surface area contributed by atoms with Crippen molar-refractivity contribution in [3.63, 3.8) is 0 Å². The number of nitrogens with two attached hydrogens (primary N) is 1. The third-order valence-corrected chi connectivity index (χ3v) is 4.79. The molecule has 1 atom stereocenters. The number of hydrazine groups is 1. The molecule has 0 aromatic heterocycles. The second-order valence-electron chi connectivity index (χ2n) is 6.10. The Morgan fingerprint density at radius 3 is 2.79 bits per heavy atom. The molecule has 1 unspecified atom stereocenters. The van der Waals surface area contributed by atoms with Crippen molar-refractivity contribution in [2.45, 2.75) is 45.1 Å². The van der Waals surface area contributed by atoms with Crippen molar-refractivity contribution in [2.24, 2.45) is 17.7 Å². The summed E-state index contributed by atoms with van der Waals surface area (Å²) in [6.45, 7) is 3.16. The highest BCUT2D eigenvalue weighted by Gasteiger charge is 2.30. The Hall–Kier alpha value is -1.06. The fourth-order valence-electron chi connectivity index (χ4n) is 3.58. The fourth-order valence-corrected chi connectivity index (χ4v) is 3.58. The van der Waals surface area contributed by atoms with Gasteiger partial charge in [-0.15, -0.1) is 0 Å². The third-order valence-electron chi connectivity index (χ3n) is 4.79. The van der Waals surface area contributed by atoms with E-state index in [-0.39, 0.29) is 6.04 Å². The van der Waals surface area contributed by atoms with Crippen LogP contribution in [0.5, 0.6) is 5.75 Å². The van der Waals surface area contributed by atoms with E-state index in [9.17, 15) is 0 Å².